The molecule has 3 atom stereocenters. The summed E-state index contributed by atoms with van der Waals surface area (Å²) >= 11 is 0. The van der Waals surface area contributed by atoms with E-state index < -0.39 is 0 Å². The number of methoxy groups -OCH3 is 2. The molecule has 86 valence electrons. The first-order valence-electron chi connectivity index (χ1n) is 5.41. The van der Waals surface area contributed by atoms with Crippen molar-refractivity contribution >= 4 is 6.08 Å². The Morgan fingerprint density at radius 3 is 2.60 bits per heavy atom. The number of aliphatic imine (C=N–C) groups is 1. The van der Waals surface area contributed by atoms with Gasteiger partial charge in [0.1, 0.15) is 0 Å². The molecule has 1 fully saturated rings. The quantitative estimate of drug-likeness (QED) is 0.514. The van der Waals surface area contributed by atoms with Crippen LogP contribution < -0.4 is 0 Å². The highest BCUT2D eigenvalue weighted by atomic mass is 16.5. The summed E-state index contributed by atoms with van der Waals surface area (Å²) in [5, 5.41) is 0. The topological polar surface area (TPSA) is 47.9 Å². The van der Waals surface area contributed by atoms with Gasteiger partial charge in [-0.2, -0.15) is 0 Å². The molecule has 4 heteroatoms. The molecule has 0 aromatic carbocycles. The first-order chi connectivity index (χ1) is 7.31. The molecule has 15 heavy (non-hydrogen) atoms. The second-order valence-corrected chi connectivity index (χ2v) is 3.99. The molecule has 0 aromatic heterocycles. The zero-order chi connectivity index (χ0) is 11.1. The van der Waals surface area contributed by atoms with Crippen LogP contribution in [0.4, 0.5) is 0 Å². The van der Waals surface area contributed by atoms with Gasteiger partial charge in [-0.1, -0.05) is 0 Å². The third-order valence-electron chi connectivity index (χ3n) is 3.16. The third kappa shape index (κ3) is 3.74. The van der Waals surface area contributed by atoms with Crippen molar-refractivity contribution in [1.29, 1.82) is 0 Å². The second kappa shape index (κ2) is 6.72. The molecule has 1 aliphatic carbocycles. The van der Waals surface area contributed by atoms with Gasteiger partial charge in [0.25, 0.3) is 0 Å². The van der Waals surface area contributed by atoms with Gasteiger partial charge in [0.15, 0.2) is 0 Å². The zero-order valence-electron chi connectivity index (χ0n) is 9.44. The van der Waals surface area contributed by atoms with Gasteiger partial charge < -0.3 is 9.47 Å². The maximum absolute atomic E-state index is 9.93. The summed E-state index contributed by atoms with van der Waals surface area (Å²) in [6.45, 7) is 0.586. The van der Waals surface area contributed by atoms with E-state index in [0.717, 1.165) is 25.7 Å². The fourth-order valence-electron chi connectivity index (χ4n) is 2.26. The van der Waals surface area contributed by atoms with E-state index >= 15 is 0 Å². The standard InChI is InChI=1S/C11H19NO3/c1-14-10-4-3-9(5-6-12-8-13)7-11(10)15-2/h9-11H,3-7H2,1-2H3. The van der Waals surface area contributed by atoms with Gasteiger partial charge in [0.05, 0.1) is 18.8 Å². The van der Waals surface area contributed by atoms with Crippen LogP contribution in [0.5, 0.6) is 0 Å². The van der Waals surface area contributed by atoms with Crippen molar-refractivity contribution in [3.8, 4) is 0 Å². The van der Waals surface area contributed by atoms with Crippen molar-refractivity contribution in [2.24, 2.45) is 10.9 Å². The lowest BCUT2D eigenvalue weighted by Crippen LogP contribution is -2.36. The minimum atomic E-state index is 0.189. The van der Waals surface area contributed by atoms with Crippen LogP contribution in [-0.4, -0.2) is 39.1 Å². The first kappa shape index (κ1) is 12.4. The molecule has 4 nitrogen and oxygen atoms in total. The first-order valence-corrected chi connectivity index (χ1v) is 5.41. The van der Waals surface area contributed by atoms with E-state index in [4.69, 9.17) is 9.47 Å². The number of hydrogen-bond acceptors (Lipinski definition) is 4. The molecule has 0 N–H and O–H groups in total. The average molecular weight is 213 g/mol. The summed E-state index contributed by atoms with van der Waals surface area (Å²) in [5.74, 6) is 0.596. The Kier molecular flexibility index (Phi) is 5.54. The fourth-order valence-corrected chi connectivity index (χ4v) is 2.26. The lowest BCUT2D eigenvalue weighted by Gasteiger charge is -2.34. The maximum atomic E-state index is 9.93. The van der Waals surface area contributed by atoms with Crippen LogP contribution in [0, 0.1) is 5.92 Å². The molecule has 1 saturated carbocycles. The minimum Gasteiger partial charge on any atom is -0.379 e. The molecule has 0 saturated heterocycles. The van der Waals surface area contributed by atoms with Crippen LogP contribution in [0.2, 0.25) is 0 Å². The predicted molar refractivity (Wildman–Crippen MR) is 56.5 cm³/mol. The number of isocyanates is 1. The van der Waals surface area contributed by atoms with Crippen molar-refractivity contribution < 1.29 is 14.3 Å². The number of carbonyl (C=O) groups excluding carboxylic acids is 1. The van der Waals surface area contributed by atoms with E-state index in [1.807, 2.05) is 0 Å². The van der Waals surface area contributed by atoms with Crippen molar-refractivity contribution in [2.75, 3.05) is 20.8 Å². The Hall–Kier alpha value is -0.700. The molecular weight excluding hydrogens is 194 g/mol. The second-order valence-electron chi connectivity index (χ2n) is 3.99. The average Bonchev–Trinajstić information content (AvgIpc) is 2.29. The molecule has 1 aliphatic rings. The van der Waals surface area contributed by atoms with Gasteiger partial charge >= 0.3 is 0 Å². The van der Waals surface area contributed by atoms with Crippen LogP contribution >= 0.6 is 0 Å². The van der Waals surface area contributed by atoms with Crippen LogP contribution in [0.15, 0.2) is 4.99 Å². The minimum absolute atomic E-state index is 0.189. The van der Waals surface area contributed by atoms with Crippen LogP contribution in [0.1, 0.15) is 25.7 Å². The highest BCUT2D eigenvalue weighted by Gasteiger charge is 2.30. The lowest BCUT2D eigenvalue weighted by molar-refractivity contribution is -0.0707. The molecule has 3 unspecified atom stereocenters. The van der Waals surface area contributed by atoms with Crippen LogP contribution in [-0.2, 0) is 14.3 Å². The summed E-state index contributed by atoms with van der Waals surface area (Å²) in [6, 6.07) is 0. The SMILES string of the molecule is COC1CCC(CCN=C=O)CC1OC. The summed E-state index contributed by atoms with van der Waals surface area (Å²) < 4.78 is 10.8. The van der Waals surface area contributed by atoms with E-state index in [9.17, 15) is 4.79 Å². The van der Waals surface area contributed by atoms with Crippen molar-refractivity contribution in [2.45, 2.75) is 37.9 Å². The number of ether oxygens (including phenoxy) is 2. The molecule has 0 aromatic rings. The normalized spacial score (nSPS) is 30.9. The molecule has 0 aliphatic heterocycles. The van der Waals surface area contributed by atoms with Gasteiger partial charge in [0.2, 0.25) is 6.08 Å². The van der Waals surface area contributed by atoms with Crippen LogP contribution in [0.3, 0.4) is 0 Å². The monoisotopic (exact) mass is 213 g/mol. The number of nitrogens with zero attached hydrogens (tertiary/aromatic N) is 1. The molecule has 1 rings (SSSR count). The van der Waals surface area contributed by atoms with Gasteiger partial charge in [0, 0.05) is 14.2 Å². The highest BCUT2D eigenvalue weighted by Crippen LogP contribution is 2.30. The third-order valence-corrected chi connectivity index (χ3v) is 3.16. The molecule has 0 spiro atoms. The Balaban J connectivity index is 2.35. The van der Waals surface area contributed by atoms with E-state index in [2.05, 4.69) is 4.99 Å². The molecule has 0 bridgehead atoms. The molecule has 0 heterocycles. The van der Waals surface area contributed by atoms with E-state index in [1.54, 1.807) is 20.3 Å². The number of rotatable bonds is 5. The van der Waals surface area contributed by atoms with E-state index in [-0.39, 0.29) is 12.2 Å². The van der Waals surface area contributed by atoms with Gasteiger partial charge in [-0.25, -0.2) is 9.79 Å². The largest absolute Gasteiger partial charge is 0.379 e. The maximum Gasteiger partial charge on any atom is 0.234 e. The molecule has 0 radical (unpaired) electrons. The summed E-state index contributed by atoms with van der Waals surface area (Å²) in [4.78, 5) is 13.5. The summed E-state index contributed by atoms with van der Waals surface area (Å²) in [5.41, 5.74) is 0. The Labute approximate surface area is 90.7 Å². The Morgan fingerprint density at radius 1 is 1.27 bits per heavy atom. The predicted octanol–water partition coefficient (Wildman–Crippen LogP) is 1.54. The van der Waals surface area contributed by atoms with Gasteiger partial charge in [-0.05, 0) is 31.6 Å². The van der Waals surface area contributed by atoms with E-state index in [1.165, 1.54) is 0 Å². The van der Waals surface area contributed by atoms with Crippen molar-refractivity contribution in [1.82, 2.24) is 0 Å². The molecule has 0 amide bonds. The molecular formula is C11H19NO3. The zero-order valence-corrected chi connectivity index (χ0v) is 9.44. The Bertz CT molecular complexity index is 226. The van der Waals surface area contributed by atoms with Crippen LogP contribution in [0.25, 0.3) is 0 Å². The number of hydrogen-bond donors (Lipinski definition) is 0. The summed E-state index contributed by atoms with van der Waals surface area (Å²) in [6.07, 6.45) is 6.10. The van der Waals surface area contributed by atoms with Crippen molar-refractivity contribution in [3.63, 3.8) is 0 Å². The fraction of sp³-hybridized carbons (Fsp3) is 0.909. The van der Waals surface area contributed by atoms with Gasteiger partial charge in [-0.3, -0.25) is 0 Å². The van der Waals surface area contributed by atoms with E-state index in [0.29, 0.717) is 12.5 Å². The Morgan fingerprint density at radius 2 is 2.00 bits per heavy atom. The van der Waals surface area contributed by atoms with Gasteiger partial charge in [-0.15, -0.1) is 0 Å². The smallest absolute Gasteiger partial charge is 0.234 e. The summed E-state index contributed by atoms with van der Waals surface area (Å²) in [7, 11) is 3.45. The van der Waals surface area contributed by atoms with Crippen molar-refractivity contribution in [3.05, 3.63) is 0 Å². The lowest BCUT2D eigenvalue weighted by atomic mass is 9.83. The highest BCUT2D eigenvalue weighted by molar-refractivity contribution is 5.32.